The molecule has 112 valence electrons. The molecule has 2 unspecified atom stereocenters. The molecule has 0 aromatic rings. The first kappa shape index (κ1) is 16.5. The van der Waals surface area contributed by atoms with Gasteiger partial charge in [-0.2, -0.15) is 13.1 Å². The third kappa shape index (κ3) is 5.97. The first-order valence-corrected chi connectivity index (χ1v) is 8.42. The van der Waals surface area contributed by atoms with E-state index in [2.05, 4.69) is 4.72 Å². The van der Waals surface area contributed by atoms with Crippen LogP contribution in [0.25, 0.3) is 0 Å². The molecule has 1 amide bonds. The monoisotopic (exact) mass is 312 g/mol. The van der Waals surface area contributed by atoms with E-state index >= 15 is 0 Å². The predicted molar refractivity (Wildman–Crippen MR) is 73.3 cm³/mol. The third-order valence-corrected chi connectivity index (χ3v) is 4.42. The van der Waals surface area contributed by atoms with Crippen LogP contribution in [0.1, 0.15) is 39.5 Å². The number of hydrogen-bond donors (Lipinski definition) is 2. The van der Waals surface area contributed by atoms with Gasteiger partial charge in [-0.1, -0.05) is 12.8 Å². The van der Waals surface area contributed by atoms with E-state index in [-0.39, 0.29) is 18.1 Å². The Labute approximate surface area is 119 Å². The number of rotatable bonds is 5. The van der Waals surface area contributed by atoms with E-state index in [0.717, 1.165) is 25.7 Å². The van der Waals surface area contributed by atoms with Gasteiger partial charge in [0.1, 0.15) is 0 Å². The molecule has 6 nitrogen and oxygen atoms in total. The van der Waals surface area contributed by atoms with E-state index < -0.39 is 16.3 Å². The molecule has 2 N–H and O–H groups in total. The number of alkyl halides is 1. The summed E-state index contributed by atoms with van der Waals surface area (Å²) < 4.78 is 32.6. The summed E-state index contributed by atoms with van der Waals surface area (Å²) in [4.78, 5) is 11.3. The highest BCUT2D eigenvalue weighted by molar-refractivity contribution is 7.88. The highest BCUT2D eigenvalue weighted by atomic mass is 35.5. The van der Waals surface area contributed by atoms with Crippen LogP contribution in [-0.4, -0.2) is 32.5 Å². The number of hydrogen-bond acceptors (Lipinski definition) is 4. The Kier molecular flexibility index (Phi) is 6.35. The Hall–Kier alpha value is -0.530. The van der Waals surface area contributed by atoms with Crippen LogP contribution >= 0.6 is 11.6 Å². The van der Waals surface area contributed by atoms with Gasteiger partial charge in [0, 0.05) is 11.9 Å². The van der Waals surface area contributed by atoms with Gasteiger partial charge in [0.15, 0.2) is 0 Å². The Morgan fingerprint density at radius 1 is 1.37 bits per heavy atom. The minimum Gasteiger partial charge on any atom is -0.446 e. The number of carbonyl (C=O) groups is 1. The van der Waals surface area contributed by atoms with Crippen molar-refractivity contribution < 1.29 is 17.9 Å². The SMILES string of the molecule is CC(C)OC(=O)NS(=O)(=O)NC1CCCCC1CCl. The van der Waals surface area contributed by atoms with Crippen LogP contribution in [0.4, 0.5) is 4.79 Å². The fourth-order valence-electron chi connectivity index (χ4n) is 2.12. The lowest BCUT2D eigenvalue weighted by molar-refractivity contribution is 0.121. The van der Waals surface area contributed by atoms with Gasteiger partial charge in [0.2, 0.25) is 0 Å². The molecule has 1 fully saturated rings. The molecule has 0 spiro atoms. The average Bonchev–Trinajstić information content (AvgIpc) is 2.26. The Balaban J connectivity index is 2.55. The topological polar surface area (TPSA) is 84.5 Å². The van der Waals surface area contributed by atoms with E-state index in [1.54, 1.807) is 13.8 Å². The molecule has 1 saturated carbocycles. The number of carbonyl (C=O) groups excluding carboxylic acids is 1. The number of ether oxygens (including phenoxy) is 1. The Morgan fingerprint density at radius 3 is 2.58 bits per heavy atom. The van der Waals surface area contributed by atoms with Crippen molar-refractivity contribution in [2.45, 2.75) is 51.7 Å². The van der Waals surface area contributed by atoms with Crippen molar-refractivity contribution in [2.75, 3.05) is 5.88 Å². The second kappa shape index (κ2) is 7.31. The van der Waals surface area contributed by atoms with E-state index in [1.807, 2.05) is 4.72 Å². The second-order valence-corrected chi connectivity index (χ2v) is 6.74. The second-order valence-electron chi connectivity index (χ2n) is 4.98. The Morgan fingerprint density at radius 2 is 2.00 bits per heavy atom. The molecule has 2 atom stereocenters. The standard InChI is InChI=1S/C11H21ClN2O4S/c1-8(2)18-11(15)14-19(16,17)13-10-6-4-3-5-9(10)7-12/h8-10,13H,3-7H2,1-2H3,(H,14,15). The zero-order chi connectivity index (χ0) is 14.5. The minimum absolute atomic E-state index is 0.105. The van der Waals surface area contributed by atoms with Crippen molar-refractivity contribution >= 4 is 27.9 Å². The quantitative estimate of drug-likeness (QED) is 0.757. The van der Waals surface area contributed by atoms with Crippen LogP contribution in [0.5, 0.6) is 0 Å². The van der Waals surface area contributed by atoms with Crippen molar-refractivity contribution in [2.24, 2.45) is 5.92 Å². The van der Waals surface area contributed by atoms with Crippen LogP contribution in [-0.2, 0) is 14.9 Å². The average molecular weight is 313 g/mol. The highest BCUT2D eigenvalue weighted by Gasteiger charge is 2.29. The number of nitrogens with one attached hydrogen (secondary N) is 2. The molecule has 8 heteroatoms. The molecule has 19 heavy (non-hydrogen) atoms. The summed E-state index contributed by atoms with van der Waals surface area (Å²) in [6.45, 7) is 3.29. The number of amides is 1. The molecule has 0 saturated heterocycles. The molecule has 0 aromatic carbocycles. The summed E-state index contributed by atoms with van der Waals surface area (Å²) in [5.41, 5.74) is 0. The van der Waals surface area contributed by atoms with Crippen molar-refractivity contribution in [1.82, 2.24) is 9.44 Å². The lowest BCUT2D eigenvalue weighted by Gasteiger charge is -2.30. The summed E-state index contributed by atoms with van der Waals surface area (Å²) in [6.07, 6.45) is 2.29. The van der Waals surface area contributed by atoms with Gasteiger partial charge in [-0.05, 0) is 32.6 Å². The van der Waals surface area contributed by atoms with Crippen molar-refractivity contribution in [3.05, 3.63) is 0 Å². The van der Waals surface area contributed by atoms with Gasteiger partial charge in [0.05, 0.1) is 6.10 Å². The van der Waals surface area contributed by atoms with Gasteiger partial charge in [-0.25, -0.2) is 9.52 Å². The maximum atomic E-state index is 11.8. The van der Waals surface area contributed by atoms with E-state index in [9.17, 15) is 13.2 Å². The summed E-state index contributed by atoms with van der Waals surface area (Å²) in [5.74, 6) is 0.511. The van der Waals surface area contributed by atoms with Crippen LogP contribution < -0.4 is 9.44 Å². The van der Waals surface area contributed by atoms with Crippen LogP contribution in [0.2, 0.25) is 0 Å². The highest BCUT2D eigenvalue weighted by Crippen LogP contribution is 2.25. The van der Waals surface area contributed by atoms with Gasteiger partial charge < -0.3 is 4.74 Å². The molecule has 0 aromatic heterocycles. The lowest BCUT2D eigenvalue weighted by atomic mass is 9.86. The zero-order valence-corrected chi connectivity index (χ0v) is 12.8. The fourth-order valence-corrected chi connectivity index (χ4v) is 3.53. The predicted octanol–water partition coefficient (Wildman–Crippen LogP) is 1.75. The summed E-state index contributed by atoms with van der Waals surface area (Å²) in [5, 5.41) is 0. The summed E-state index contributed by atoms with van der Waals surface area (Å²) in [7, 11) is -3.90. The molecule has 1 aliphatic carbocycles. The van der Waals surface area contributed by atoms with Crippen LogP contribution in [0.15, 0.2) is 0 Å². The first-order valence-electron chi connectivity index (χ1n) is 6.40. The fraction of sp³-hybridized carbons (Fsp3) is 0.909. The molecule has 0 radical (unpaired) electrons. The maximum Gasteiger partial charge on any atom is 0.422 e. The van der Waals surface area contributed by atoms with Crippen molar-refractivity contribution in [3.63, 3.8) is 0 Å². The molecule has 0 bridgehead atoms. The normalized spacial score (nSPS) is 24.2. The summed E-state index contributed by atoms with van der Waals surface area (Å²) >= 11 is 5.83. The molecule has 0 aliphatic heterocycles. The molecule has 0 heterocycles. The van der Waals surface area contributed by atoms with E-state index in [4.69, 9.17) is 16.3 Å². The van der Waals surface area contributed by atoms with Gasteiger partial charge >= 0.3 is 16.3 Å². The van der Waals surface area contributed by atoms with Crippen molar-refractivity contribution in [1.29, 1.82) is 0 Å². The molecule has 1 rings (SSSR count). The van der Waals surface area contributed by atoms with Crippen LogP contribution in [0.3, 0.4) is 0 Å². The summed E-state index contributed by atoms with van der Waals surface area (Å²) in [6, 6.07) is -0.226. The molecule has 1 aliphatic rings. The molecular formula is C11H21ClN2O4S. The third-order valence-electron chi connectivity index (χ3n) is 2.97. The largest absolute Gasteiger partial charge is 0.446 e. The lowest BCUT2D eigenvalue weighted by Crippen LogP contribution is -2.49. The van der Waals surface area contributed by atoms with Gasteiger partial charge in [0.25, 0.3) is 0 Å². The van der Waals surface area contributed by atoms with E-state index in [1.165, 1.54) is 0 Å². The maximum absolute atomic E-state index is 11.8. The van der Waals surface area contributed by atoms with Gasteiger partial charge in [-0.3, -0.25) is 0 Å². The zero-order valence-electron chi connectivity index (χ0n) is 11.2. The van der Waals surface area contributed by atoms with E-state index in [0.29, 0.717) is 5.88 Å². The first-order chi connectivity index (χ1) is 8.84. The smallest absolute Gasteiger partial charge is 0.422 e. The molecular weight excluding hydrogens is 292 g/mol. The Bertz CT molecular complexity index is 399. The van der Waals surface area contributed by atoms with Gasteiger partial charge in [-0.15, -0.1) is 11.6 Å². The van der Waals surface area contributed by atoms with Crippen LogP contribution in [0, 0.1) is 5.92 Å². The minimum atomic E-state index is -3.90. The number of halogens is 1. The van der Waals surface area contributed by atoms with Crippen molar-refractivity contribution in [3.8, 4) is 0 Å².